The molecule has 9 rings (SSSR count). The number of hydrogen-bond acceptors (Lipinski definition) is 2. The zero-order valence-corrected chi connectivity index (χ0v) is 21.7. The quantitative estimate of drug-likeness (QED) is 0.211. The second kappa shape index (κ2) is 8.61. The molecule has 0 radical (unpaired) electrons. The number of rotatable bonds is 2. The van der Waals surface area contributed by atoms with E-state index in [0.29, 0.717) is 50.1 Å². The van der Waals surface area contributed by atoms with Crippen LogP contribution in [-0.2, 0) is 0 Å². The van der Waals surface area contributed by atoms with Crippen molar-refractivity contribution in [3.63, 3.8) is 0 Å². The summed E-state index contributed by atoms with van der Waals surface area (Å²) >= 11 is 0. The summed E-state index contributed by atoms with van der Waals surface area (Å²) in [5, 5.41) is 3.60. The molecule has 0 bridgehead atoms. The van der Waals surface area contributed by atoms with E-state index in [2.05, 4.69) is 0 Å². The molecule has 0 aliphatic carbocycles. The molecule has 3 heteroatoms. The molecule has 7 aromatic carbocycles. The number of hydrogen-bond donors (Lipinski definition) is 0. The van der Waals surface area contributed by atoms with Crippen LogP contribution >= 0.6 is 0 Å². The highest BCUT2D eigenvalue weighted by atomic mass is 16.5. The van der Waals surface area contributed by atoms with Gasteiger partial charge in [-0.2, -0.15) is 0 Å². The number of benzene rings is 7. The van der Waals surface area contributed by atoms with E-state index in [1.807, 2.05) is 84.9 Å². The first-order chi connectivity index (χ1) is 22.8. The Morgan fingerprint density at radius 3 is 1.46 bits per heavy atom. The number of fused-ring (bicyclic) bond motifs is 6. The van der Waals surface area contributed by atoms with Crippen molar-refractivity contribution in [1.82, 2.24) is 0 Å². The predicted octanol–water partition coefficient (Wildman–Crippen LogP) is 8.05. The highest BCUT2D eigenvalue weighted by molar-refractivity contribution is 6.98. The van der Waals surface area contributed by atoms with Crippen molar-refractivity contribution in [3.05, 3.63) is 139 Å². The van der Waals surface area contributed by atoms with Gasteiger partial charge in [-0.15, -0.1) is 0 Å². The second-order valence-corrected chi connectivity index (χ2v) is 10.3. The van der Waals surface area contributed by atoms with Gasteiger partial charge in [-0.25, -0.2) is 0 Å². The van der Waals surface area contributed by atoms with E-state index in [9.17, 15) is 5.48 Å². The maximum absolute atomic E-state index is 9.71. The molecule has 2 aliphatic heterocycles. The fraction of sp³-hybridized carbons (Fsp3) is 0. The van der Waals surface area contributed by atoms with Gasteiger partial charge < -0.3 is 9.47 Å². The van der Waals surface area contributed by atoms with Crippen LogP contribution in [0.15, 0.2) is 139 Å². The van der Waals surface area contributed by atoms with Crippen LogP contribution in [0.1, 0.15) is 8.22 Å². The van der Waals surface area contributed by atoms with Gasteiger partial charge in [0.15, 0.2) is 0 Å². The van der Waals surface area contributed by atoms with Crippen molar-refractivity contribution in [2.45, 2.75) is 0 Å². The highest BCUT2D eigenvalue weighted by Crippen LogP contribution is 2.38. The van der Waals surface area contributed by atoms with E-state index < -0.39 is 6.71 Å². The van der Waals surface area contributed by atoms with Crippen LogP contribution in [0.2, 0.25) is 0 Å². The molecule has 0 unspecified atom stereocenters. The van der Waals surface area contributed by atoms with Crippen molar-refractivity contribution in [2.24, 2.45) is 0 Å². The van der Waals surface area contributed by atoms with E-state index >= 15 is 0 Å². The molecule has 0 N–H and O–H groups in total. The minimum absolute atomic E-state index is 0.0169. The van der Waals surface area contributed by atoms with E-state index in [-0.39, 0.29) is 47.8 Å². The van der Waals surface area contributed by atoms with E-state index in [1.54, 1.807) is 18.2 Å². The monoisotopic (exact) mass is 528 g/mol. The van der Waals surface area contributed by atoms with Crippen LogP contribution < -0.4 is 25.9 Å². The average molecular weight is 528 g/mol. The van der Waals surface area contributed by atoms with Gasteiger partial charge in [0.25, 0.3) is 6.71 Å². The van der Waals surface area contributed by atoms with Crippen molar-refractivity contribution in [3.8, 4) is 45.3 Å². The fourth-order valence-electron chi connectivity index (χ4n) is 6.18. The summed E-state index contributed by atoms with van der Waals surface area (Å²) in [5.74, 6) is 0.977. The fourth-order valence-corrected chi connectivity index (χ4v) is 6.18. The molecule has 0 atom stereocenters. The molecule has 2 nitrogen and oxygen atoms in total. The van der Waals surface area contributed by atoms with Gasteiger partial charge in [0.05, 0.1) is 8.22 Å². The van der Waals surface area contributed by atoms with Gasteiger partial charge in [-0.1, -0.05) is 115 Å². The Hall–Kier alpha value is -5.28. The van der Waals surface area contributed by atoms with Crippen LogP contribution in [0.25, 0.3) is 43.8 Å². The summed E-state index contributed by atoms with van der Waals surface area (Å²) in [6.45, 7) is -0.814. The Morgan fingerprint density at radius 2 is 0.927 bits per heavy atom. The molecule has 0 saturated carbocycles. The minimum atomic E-state index is -0.814. The smallest absolute Gasteiger partial charge is 0.260 e. The molecule has 2 heterocycles. The molecule has 0 saturated heterocycles. The largest absolute Gasteiger partial charge is 0.458 e. The first-order valence-electron chi connectivity index (χ1n) is 16.6. The van der Waals surface area contributed by atoms with Gasteiger partial charge in [-0.3, -0.25) is 0 Å². The normalized spacial score (nSPS) is 14.8. The second-order valence-electron chi connectivity index (χ2n) is 10.3. The Bertz CT molecular complexity index is 2330. The van der Waals surface area contributed by atoms with Gasteiger partial charge in [0.1, 0.15) is 23.0 Å². The van der Waals surface area contributed by atoms with Crippen LogP contribution in [0, 0.1) is 0 Å². The third-order valence-electron chi connectivity index (χ3n) is 8.04. The maximum atomic E-state index is 9.71. The summed E-state index contributed by atoms with van der Waals surface area (Å²) < 4.78 is 68.7. The zero-order chi connectivity index (χ0) is 32.1. The SMILES string of the molecule is [2H]c1c([2H])c(-c2cccc3ccccc23)c([2H])c2c1Oc1cccc3c1B2c1c([2H])c(-c2cccc4ccccc24)c([2H])c([2H])c1O3. The van der Waals surface area contributed by atoms with E-state index in [1.165, 1.54) is 0 Å². The van der Waals surface area contributed by atoms with Crippen molar-refractivity contribution >= 4 is 44.6 Å². The van der Waals surface area contributed by atoms with Crippen LogP contribution in [0.4, 0.5) is 0 Å². The topological polar surface area (TPSA) is 18.5 Å². The van der Waals surface area contributed by atoms with Crippen molar-refractivity contribution < 1.29 is 17.7 Å². The van der Waals surface area contributed by atoms with Gasteiger partial charge in [-0.05, 0) is 78.9 Å². The van der Waals surface area contributed by atoms with Gasteiger partial charge in [0.2, 0.25) is 0 Å². The lowest BCUT2D eigenvalue weighted by Gasteiger charge is -2.33. The van der Waals surface area contributed by atoms with Crippen molar-refractivity contribution in [1.29, 1.82) is 0 Å². The lowest BCUT2D eigenvalue weighted by molar-refractivity contribution is 0.464. The van der Waals surface area contributed by atoms with Crippen molar-refractivity contribution in [2.75, 3.05) is 0 Å². The zero-order valence-electron chi connectivity index (χ0n) is 27.7. The highest BCUT2D eigenvalue weighted by Gasteiger charge is 2.40. The number of ether oxygens (including phenoxy) is 2. The first kappa shape index (κ1) is 17.4. The Kier molecular flexibility index (Phi) is 3.66. The Balaban J connectivity index is 1.40. The molecule has 41 heavy (non-hydrogen) atoms. The average Bonchev–Trinajstić information content (AvgIpc) is 3.10. The summed E-state index contributed by atoms with van der Waals surface area (Å²) in [6.07, 6.45) is 0. The summed E-state index contributed by atoms with van der Waals surface area (Å²) in [6, 6.07) is 31.7. The van der Waals surface area contributed by atoms with Crippen LogP contribution in [0.3, 0.4) is 0 Å². The predicted molar refractivity (Wildman–Crippen MR) is 170 cm³/mol. The molecular formula is C38H23BO2. The Labute approximate surface area is 246 Å². The molecule has 0 amide bonds. The Morgan fingerprint density at radius 1 is 0.463 bits per heavy atom. The minimum Gasteiger partial charge on any atom is -0.458 e. The molecule has 0 spiro atoms. The molecule has 0 aromatic heterocycles. The first-order valence-corrected chi connectivity index (χ1v) is 13.6. The lowest BCUT2D eigenvalue weighted by atomic mass is 9.34. The van der Waals surface area contributed by atoms with Gasteiger partial charge >= 0.3 is 0 Å². The van der Waals surface area contributed by atoms with E-state index in [4.69, 9.17) is 12.2 Å². The molecule has 2 aliphatic rings. The van der Waals surface area contributed by atoms with E-state index in [0.717, 1.165) is 21.5 Å². The standard InChI is InChI=1S/C38H23BO2/c1-3-12-28-24(8-1)10-5-14-30(28)26-18-20-34-32(22-26)39-33-23-27(31-15-6-11-25-9-2-4-13-29(25)31)19-21-35(33)41-37-17-7-16-36(40-34)38(37)39/h1-23H/i18D,19D,20D,21D,22D,23D. The molecular weight excluding hydrogens is 499 g/mol. The van der Waals surface area contributed by atoms with Crippen LogP contribution in [-0.4, -0.2) is 6.71 Å². The molecule has 190 valence electrons. The van der Waals surface area contributed by atoms with Gasteiger partial charge in [0, 0.05) is 5.46 Å². The molecule has 0 fully saturated rings. The lowest BCUT2D eigenvalue weighted by Crippen LogP contribution is -2.57. The third kappa shape index (κ3) is 3.39. The summed E-state index contributed by atoms with van der Waals surface area (Å²) in [4.78, 5) is 0. The summed E-state index contributed by atoms with van der Waals surface area (Å²) in [7, 11) is 0. The van der Waals surface area contributed by atoms with Crippen LogP contribution in [0.5, 0.6) is 23.0 Å². The molecule has 7 aromatic rings. The summed E-state index contributed by atoms with van der Waals surface area (Å²) in [5.41, 5.74) is 3.19. The third-order valence-corrected chi connectivity index (χ3v) is 8.04. The maximum Gasteiger partial charge on any atom is 0.260 e.